The van der Waals surface area contributed by atoms with E-state index in [0.29, 0.717) is 12.8 Å². The van der Waals surface area contributed by atoms with E-state index >= 15 is 0 Å². The zero-order chi connectivity index (χ0) is 20.6. The van der Waals surface area contributed by atoms with E-state index in [9.17, 15) is 9.59 Å². The standard InChI is InChI=1S/C21H33NO6/c1-18-7-6-8-19(17-18)22(11-4-2-9-20(25)27-15-13-23)12-5-3-10-21(26)28-16-14-24/h6-8,17,23-24H,2-5,9-16H2,1H3. The summed E-state index contributed by atoms with van der Waals surface area (Å²) in [5, 5.41) is 17.3. The molecular formula is C21H33NO6. The van der Waals surface area contributed by atoms with Gasteiger partial charge in [0, 0.05) is 31.6 Å². The van der Waals surface area contributed by atoms with Gasteiger partial charge in [-0.15, -0.1) is 0 Å². The zero-order valence-corrected chi connectivity index (χ0v) is 16.8. The van der Waals surface area contributed by atoms with Crippen LogP contribution in [0.15, 0.2) is 24.3 Å². The van der Waals surface area contributed by atoms with Crippen molar-refractivity contribution >= 4 is 17.6 Å². The summed E-state index contributed by atoms with van der Waals surface area (Å²) in [6.07, 6.45) is 3.83. The maximum Gasteiger partial charge on any atom is 0.305 e. The van der Waals surface area contributed by atoms with Gasteiger partial charge in [-0.05, 0) is 50.3 Å². The Morgan fingerprint density at radius 2 is 1.43 bits per heavy atom. The largest absolute Gasteiger partial charge is 0.463 e. The van der Waals surface area contributed by atoms with Crippen LogP contribution in [0.5, 0.6) is 0 Å². The molecule has 1 rings (SSSR count). The summed E-state index contributed by atoms with van der Waals surface area (Å²) in [6.45, 7) is 3.47. The fraction of sp³-hybridized carbons (Fsp3) is 0.619. The molecule has 0 bridgehead atoms. The SMILES string of the molecule is Cc1cccc(N(CCCCC(=O)OCCO)CCCCC(=O)OCCO)c1. The summed E-state index contributed by atoms with van der Waals surface area (Å²) in [5.74, 6) is -0.560. The van der Waals surface area contributed by atoms with E-state index in [1.807, 2.05) is 6.07 Å². The lowest BCUT2D eigenvalue weighted by Gasteiger charge is -2.25. The molecule has 0 saturated heterocycles. The maximum atomic E-state index is 11.5. The number of esters is 2. The van der Waals surface area contributed by atoms with E-state index in [2.05, 4.69) is 30.0 Å². The minimum Gasteiger partial charge on any atom is -0.463 e. The van der Waals surface area contributed by atoms with Gasteiger partial charge in [0.25, 0.3) is 0 Å². The third kappa shape index (κ3) is 10.9. The summed E-state index contributed by atoms with van der Waals surface area (Å²) in [6, 6.07) is 8.27. The Morgan fingerprint density at radius 3 is 1.89 bits per heavy atom. The molecule has 0 aliphatic heterocycles. The predicted octanol–water partition coefficient (Wildman–Crippen LogP) is 2.21. The van der Waals surface area contributed by atoms with Crippen LogP contribution in [0.4, 0.5) is 5.69 Å². The van der Waals surface area contributed by atoms with Gasteiger partial charge in [0.1, 0.15) is 13.2 Å². The third-order valence-corrected chi connectivity index (χ3v) is 4.19. The minimum absolute atomic E-state index is 0.0506. The second-order valence-corrected chi connectivity index (χ2v) is 6.63. The van der Waals surface area contributed by atoms with E-state index in [0.717, 1.165) is 44.5 Å². The first-order valence-electron chi connectivity index (χ1n) is 9.91. The first-order chi connectivity index (χ1) is 13.6. The number of hydrogen-bond donors (Lipinski definition) is 2. The second-order valence-electron chi connectivity index (χ2n) is 6.63. The summed E-state index contributed by atoms with van der Waals surface area (Å²) >= 11 is 0. The molecular weight excluding hydrogens is 362 g/mol. The van der Waals surface area contributed by atoms with Crippen LogP contribution in [0.2, 0.25) is 0 Å². The molecule has 1 aromatic rings. The summed E-state index contributed by atoms with van der Waals surface area (Å²) in [5.41, 5.74) is 2.31. The highest BCUT2D eigenvalue weighted by molar-refractivity contribution is 5.69. The first-order valence-corrected chi connectivity index (χ1v) is 9.91. The molecule has 7 nitrogen and oxygen atoms in total. The van der Waals surface area contributed by atoms with Crippen LogP contribution in [0.1, 0.15) is 44.1 Å². The number of benzene rings is 1. The monoisotopic (exact) mass is 395 g/mol. The number of aryl methyl sites for hydroxylation is 1. The second kappa shape index (κ2) is 14.9. The Balaban J connectivity index is 2.43. The Hall–Kier alpha value is -2.12. The maximum absolute atomic E-state index is 11.5. The molecule has 0 aromatic heterocycles. The number of nitrogens with zero attached hydrogens (tertiary/aromatic N) is 1. The number of hydrogen-bond acceptors (Lipinski definition) is 7. The highest BCUT2D eigenvalue weighted by Crippen LogP contribution is 2.18. The van der Waals surface area contributed by atoms with Crippen molar-refractivity contribution in [2.45, 2.75) is 45.4 Å². The normalized spacial score (nSPS) is 10.5. The minimum atomic E-state index is -0.280. The fourth-order valence-electron chi connectivity index (χ4n) is 2.80. The number of aliphatic hydroxyl groups is 2. The summed E-state index contributed by atoms with van der Waals surface area (Å²) in [4.78, 5) is 25.3. The topological polar surface area (TPSA) is 96.3 Å². The fourth-order valence-corrected chi connectivity index (χ4v) is 2.80. The van der Waals surface area contributed by atoms with Crippen LogP contribution >= 0.6 is 0 Å². The average Bonchev–Trinajstić information content (AvgIpc) is 2.69. The molecule has 2 N–H and O–H groups in total. The Bertz CT molecular complexity index is 550. The molecule has 0 unspecified atom stereocenters. The van der Waals surface area contributed by atoms with Gasteiger partial charge < -0.3 is 24.6 Å². The van der Waals surface area contributed by atoms with Gasteiger partial charge in [-0.25, -0.2) is 0 Å². The highest BCUT2D eigenvalue weighted by Gasteiger charge is 2.09. The molecule has 0 heterocycles. The smallest absolute Gasteiger partial charge is 0.305 e. The van der Waals surface area contributed by atoms with Gasteiger partial charge >= 0.3 is 11.9 Å². The molecule has 0 amide bonds. The van der Waals surface area contributed by atoms with Crippen LogP contribution in [-0.2, 0) is 19.1 Å². The lowest BCUT2D eigenvalue weighted by atomic mass is 10.1. The van der Waals surface area contributed by atoms with Crippen molar-refractivity contribution in [3.8, 4) is 0 Å². The third-order valence-electron chi connectivity index (χ3n) is 4.19. The van der Waals surface area contributed by atoms with Crippen molar-refractivity contribution in [1.82, 2.24) is 0 Å². The molecule has 0 radical (unpaired) electrons. The van der Waals surface area contributed by atoms with Crippen molar-refractivity contribution < 1.29 is 29.3 Å². The molecule has 0 fully saturated rings. The Morgan fingerprint density at radius 1 is 0.893 bits per heavy atom. The van der Waals surface area contributed by atoms with Crippen LogP contribution in [-0.4, -0.2) is 61.7 Å². The molecule has 1 aromatic carbocycles. The summed E-state index contributed by atoms with van der Waals surface area (Å²) in [7, 11) is 0. The lowest BCUT2D eigenvalue weighted by molar-refractivity contribution is -0.145. The number of ether oxygens (including phenoxy) is 2. The van der Waals surface area contributed by atoms with Crippen molar-refractivity contribution in [2.75, 3.05) is 44.4 Å². The molecule has 0 aliphatic rings. The summed E-state index contributed by atoms with van der Waals surface area (Å²) < 4.78 is 9.73. The van der Waals surface area contributed by atoms with Crippen molar-refractivity contribution in [3.05, 3.63) is 29.8 Å². The molecule has 158 valence electrons. The van der Waals surface area contributed by atoms with Gasteiger partial charge in [-0.3, -0.25) is 9.59 Å². The predicted molar refractivity (Wildman–Crippen MR) is 107 cm³/mol. The molecule has 0 aliphatic carbocycles. The number of rotatable bonds is 15. The number of carbonyl (C=O) groups is 2. The van der Waals surface area contributed by atoms with E-state index in [1.165, 1.54) is 5.56 Å². The van der Waals surface area contributed by atoms with Gasteiger partial charge in [0.05, 0.1) is 13.2 Å². The molecule has 28 heavy (non-hydrogen) atoms. The van der Waals surface area contributed by atoms with E-state index in [1.54, 1.807) is 0 Å². The zero-order valence-electron chi connectivity index (χ0n) is 16.8. The van der Waals surface area contributed by atoms with E-state index in [4.69, 9.17) is 19.7 Å². The van der Waals surface area contributed by atoms with Crippen LogP contribution < -0.4 is 4.90 Å². The Labute approximate surface area is 167 Å². The van der Waals surface area contributed by atoms with Crippen LogP contribution in [0, 0.1) is 6.92 Å². The van der Waals surface area contributed by atoms with Gasteiger partial charge in [0.15, 0.2) is 0 Å². The van der Waals surface area contributed by atoms with E-state index < -0.39 is 0 Å². The molecule has 0 saturated carbocycles. The van der Waals surface area contributed by atoms with Gasteiger partial charge in [-0.2, -0.15) is 0 Å². The van der Waals surface area contributed by atoms with Gasteiger partial charge in [-0.1, -0.05) is 12.1 Å². The molecule has 0 spiro atoms. The Kier molecular flexibility index (Phi) is 12.7. The average molecular weight is 395 g/mol. The highest BCUT2D eigenvalue weighted by atomic mass is 16.5. The molecule has 7 heteroatoms. The van der Waals surface area contributed by atoms with E-state index in [-0.39, 0.29) is 38.4 Å². The first kappa shape index (κ1) is 23.9. The number of carbonyl (C=O) groups excluding carboxylic acids is 2. The van der Waals surface area contributed by atoms with Crippen molar-refractivity contribution in [1.29, 1.82) is 0 Å². The molecule has 0 atom stereocenters. The van der Waals surface area contributed by atoms with Gasteiger partial charge in [0.2, 0.25) is 0 Å². The number of anilines is 1. The number of unbranched alkanes of at least 4 members (excludes halogenated alkanes) is 2. The van der Waals surface area contributed by atoms with Crippen LogP contribution in [0.3, 0.4) is 0 Å². The quantitative estimate of drug-likeness (QED) is 0.347. The van der Waals surface area contributed by atoms with Crippen molar-refractivity contribution in [2.24, 2.45) is 0 Å². The van der Waals surface area contributed by atoms with Crippen molar-refractivity contribution in [3.63, 3.8) is 0 Å². The van der Waals surface area contributed by atoms with Crippen LogP contribution in [0.25, 0.3) is 0 Å². The lowest BCUT2D eigenvalue weighted by Crippen LogP contribution is -2.26. The number of aliphatic hydroxyl groups excluding tert-OH is 2.